The number of hydrogen-bond donors (Lipinski definition) is 2. The van der Waals surface area contributed by atoms with Crippen molar-refractivity contribution < 1.29 is 23.1 Å². The van der Waals surface area contributed by atoms with E-state index < -0.39 is 17.3 Å². The summed E-state index contributed by atoms with van der Waals surface area (Å²) in [4.78, 5) is 14.7. The van der Waals surface area contributed by atoms with Gasteiger partial charge in [-0.1, -0.05) is 12.1 Å². The highest BCUT2D eigenvalue weighted by atomic mass is 19.4. The second kappa shape index (κ2) is 6.87. The van der Waals surface area contributed by atoms with E-state index in [1.807, 2.05) is 0 Å². The van der Waals surface area contributed by atoms with Crippen molar-refractivity contribution in [2.75, 3.05) is 13.1 Å². The summed E-state index contributed by atoms with van der Waals surface area (Å²) >= 11 is 0. The number of hydrogen-bond acceptors (Lipinski definition) is 2. The molecule has 4 aliphatic carbocycles. The van der Waals surface area contributed by atoms with Crippen molar-refractivity contribution in [3.05, 3.63) is 35.4 Å². The maximum absolute atomic E-state index is 13.0. The summed E-state index contributed by atoms with van der Waals surface area (Å²) in [7, 11) is 0. The molecule has 30 heavy (non-hydrogen) atoms. The summed E-state index contributed by atoms with van der Waals surface area (Å²) in [5, 5.41) is 14.4. The molecule has 6 rings (SSSR count). The van der Waals surface area contributed by atoms with Crippen LogP contribution in [0.2, 0.25) is 0 Å². The van der Waals surface area contributed by atoms with Crippen LogP contribution < -0.4 is 5.32 Å². The van der Waals surface area contributed by atoms with Crippen LogP contribution in [0.25, 0.3) is 0 Å². The SMILES string of the molecule is O=C(NC12CC3CC(CC(C3)C1)C2)N1CCC(O)(c2cccc(C(F)(F)F)c2)CC1. The number of benzene rings is 1. The molecular formula is C23H29F3N2O2. The Balaban J connectivity index is 1.23. The molecule has 0 spiro atoms. The van der Waals surface area contributed by atoms with E-state index in [-0.39, 0.29) is 30.0 Å². The fraction of sp³-hybridized carbons (Fsp3) is 0.696. The molecule has 5 fully saturated rings. The molecule has 2 amide bonds. The van der Waals surface area contributed by atoms with Gasteiger partial charge in [-0.25, -0.2) is 4.79 Å². The smallest absolute Gasteiger partial charge is 0.385 e. The minimum Gasteiger partial charge on any atom is -0.385 e. The standard InChI is InChI=1S/C23H29F3N2O2/c24-23(25,26)19-3-1-2-18(11-19)22(30)4-6-28(7-5-22)20(29)27-21-12-15-8-16(13-21)10-17(9-15)14-21/h1-3,11,15-17,30H,4-10,12-14H2,(H,27,29). The van der Waals surface area contributed by atoms with E-state index in [1.54, 1.807) is 11.0 Å². The molecule has 4 bridgehead atoms. The van der Waals surface area contributed by atoms with Crippen molar-refractivity contribution in [1.29, 1.82) is 0 Å². The number of halogens is 3. The summed E-state index contributed by atoms with van der Waals surface area (Å²) < 4.78 is 39.1. The molecule has 0 unspecified atom stereocenters. The van der Waals surface area contributed by atoms with E-state index in [9.17, 15) is 23.1 Å². The van der Waals surface area contributed by atoms with Gasteiger partial charge in [0.2, 0.25) is 0 Å². The predicted octanol–water partition coefficient (Wildman–Crippen LogP) is 4.67. The van der Waals surface area contributed by atoms with Gasteiger partial charge in [-0.3, -0.25) is 0 Å². The average Bonchev–Trinajstić information content (AvgIpc) is 2.66. The van der Waals surface area contributed by atoms with Crippen LogP contribution in [0.4, 0.5) is 18.0 Å². The van der Waals surface area contributed by atoms with E-state index in [4.69, 9.17) is 0 Å². The van der Waals surface area contributed by atoms with Crippen LogP contribution >= 0.6 is 0 Å². The molecule has 1 aromatic rings. The number of rotatable bonds is 2. The van der Waals surface area contributed by atoms with Gasteiger partial charge in [0.1, 0.15) is 0 Å². The number of nitrogens with zero attached hydrogens (tertiary/aromatic N) is 1. The fourth-order valence-corrected chi connectivity index (χ4v) is 6.92. The molecule has 0 aromatic heterocycles. The van der Waals surface area contributed by atoms with Gasteiger partial charge in [0, 0.05) is 18.6 Å². The van der Waals surface area contributed by atoms with Gasteiger partial charge in [-0.15, -0.1) is 0 Å². The highest BCUT2D eigenvalue weighted by Crippen LogP contribution is 2.55. The highest BCUT2D eigenvalue weighted by Gasteiger charge is 2.52. The van der Waals surface area contributed by atoms with Crippen molar-refractivity contribution in [2.45, 2.75) is 68.7 Å². The van der Waals surface area contributed by atoms with Crippen LogP contribution in [0.15, 0.2) is 24.3 Å². The monoisotopic (exact) mass is 422 g/mol. The first-order valence-electron chi connectivity index (χ1n) is 11.1. The highest BCUT2D eigenvalue weighted by molar-refractivity contribution is 5.75. The zero-order chi connectivity index (χ0) is 21.1. The number of amides is 2. The topological polar surface area (TPSA) is 52.6 Å². The van der Waals surface area contributed by atoms with E-state index >= 15 is 0 Å². The Morgan fingerprint density at radius 3 is 2.13 bits per heavy atom. The number of carbonyl (C=O) groups is 1. The zero-order valence-corrected chi connectivity index (χ0v) is 17.0. The largest absolute Gasteiger partial charge is 0.416 e. The van der Waals surface area contributed by atoms with Gasteiger partial charge in [0.25, 0.3) is 0 Å². The third-order valence-corrected chi connectivity index (χ3v) is 8.02. The molecule has 5 aliphatic rings. The van der Waals surface area contributed by atoms with Crippen LogP contribution in [-0.2, 0) is 11.8 Å². The first kappa shape index (κ1) is 20.2. The summed E-state index contributed by atoms with van der Waals surface area (Å²) in [6.45, 7) is 0.676. The maximum Gasteiger partial charge on any atom is 0.416 e. The van der Waals surface area contributed by atoms with E-state index in [1.165, 1.54) is 25.3 Å². The first-order valence-corrected chi connectivity index (χ1v) is 11.1. The average molecular weight is 422 g/mol. The van der Waals surface area contributed by atoms with Gasteiger partial charge >= 0.3 is 12.2 Å². The van der Waals surface area contributed by atoms with Gasteiger partial charge in [-0.05, 0) is 86.8 Å². The van der Waals surface area contributed by atoms with Crippen LogP contribution in [0.1, 0.15) is 62.5 Å². The first-order chi connectivity index (χ1) is 14.1. The quantitative estimate of drug-likeness (QED) is 0.728. The number of piperidine rings is 1. The lowest BCUT2D eigenvalue weighted by Crippen LogP contribution is -2.62. The van der Waals surface area contributed by atoms with Crippen molar-refractivity contribution >= 4 is 6.03 Å². The molecule has 164 valence electrons. The lowest BCUT2D eigenvalue weighted by Gasteiger charge is -2.57. The number of alkyl halides is 3. The van der Waals surface area contributed by atoms with Crippen molar-refractivity contribution in [3.8, 4) is 0 Å². The molecule has 0 atom stereocenters. The van der Waals surface area contributed by atoms with Crippen LogP contribution in [0.3, 0.4) is 0 Å². The minimum absolute atomic E-state index is 0.0688. The molecule has 2 N–H and O–H groups in total. The second-order valence-corrected chi connectivity index (χ2v) is 10.2. The Labute approximate surface area is 174 Å². The molecule has 1 saturated heterocycles. The third kappa shape index (κ3) is 3.59. The van der Waals surface area contributed by atoms with E-state index in [2.05, 4.69) is 5.32 Å². The maximum atomic E-state index is 13.0. The molecule has 0 radical (unpaired) electrons. The molecule has 1 aliphatic heterocycles. The summed E-state index contributed by atoms with van der Waals surface area (Å²) in [5.41, 5.74) is -1.88. The molecular weight excluding hydrogens is 393 g/mol. The Kier molecular flexibility index (Phi) is 4.62. The van der Waals surface area contributed by atoms with Gasteiger partial charge in [0.05, 0.1) is 11.2 Å². The van der Waals surface area contributed by atoms with Gasteiger partial charge in [-0.2, -0.15) is 13.2 Å². The van der Waals surface area contributed by atoms with Gasteiger partial charge < -0.3 is 15.3 Å². The van der Waals surface area contributed by atoms with Crippen molar-refractivity contribution in [1.82, 2.24) is 10.2 Å². The number of carbonyl (C=O) groups excluding carboxylic acids is 1. The van der Waals surface area contributed by atoms with Crippen LogP contribution in [0, 0.1) is 17.8 Å². The molecule has 7 heteroatoms. The molecule has 1 aromatic carbocycles. The number of likely N-dealkylation sites (tertiary alicyclic amines) is 1. The Bertz CT molecular complexity index is 795. The number of urea groups is 1. The predicted molar refractivity (Wildman–Crippen MR) is 106 cm³/mol. The summed E-state index contributed by atoms with van der Waals surface area (Å²) in [6, 6.07) is 4.84. The van der Waals surface area contributed by atoms with Crippen molar-refractivity contribution in [2.24, 2.45) is 17.8 Å². The van der Waals surface area contributed by atoms with Gasteiger partial charge in [0.15, 0.2) is 0 Å². The van der Waals surface area contributed by atoms with E-state index in [0.29, 0.717) is 13.1 Å². The van der Waals surface area contributed by atoms with Crippen LogP contribution in [0.5, 0.6) is 0 Å². The Hall–Kier alpha value is -1.76. The normalized spacial score (nSPS) is 34.8. The van der Waals surface area contributed by atoms with Crippen molar-refractivity contribution in [3.63, 3.8) is 0 Å². The number of aliphatic hydroxyl groups is 1. The van der Waals surface area contributed by atoms with E-state index in [0.717, 1.165) is 49.1 Å². The lowest BCUT2D eigenvalue weighted by atomic mass is 9.53. The summed E-state index contributed by atoms with van der Waals surface area (Å²) in [5.74, 6) is 2.22. The lowest BCUT2D eigenvalue weighted by molar-refractivity contribution is -0.137. The number of nitrogens with one attached hydrogen (secondary N) is 1. The van der Waals surface area contributed by atoms with Crippen LogP contribution in [-0.4, -0.2) is 34.7 Å². The molecule has 4 saturated carbocycles. The second-order valence-electron chi connectivity index (χ2n) is 10.2. The molecule has 4 nitrogen and oxygen atoms in total. The third-order valence-electron chi connectivity index (χ3n) is 8.02. The minimum atomic E-state index is -4.44. The Morgan fingerprint density at radius 1 is 1.03 bits per heavy atom. The fourth-order valence-electron chi connectivity index (χ4n) is 6.92. The zero-order valence-electron chi connectivity index (χ0n) is 17.0. The summed E-state index contributed by atoms with van der Waals surface area (Å²) in [6.07, 6.45) is 3.19. The Morgan fingerprint density at radius 2 is 1.60 bits per heavy atom. The molecule has 1 heterocycles.